The molecule has 0 aromatic carbocycles. The van der Waals surface area contributed by atoms with Crippen molar-refractivity contribution in [2.24, 2.45) is 0 Å². The van der Waals surface area contributed by atoms with Crippen LogP contribution in [0.3, 0.4) is 0 Å². The third-order valence-electron chi connectivity index (χ3n) is 1.41. The Labute approximate surface area is 77.2 Å². The molecule has 0 unspecified atom stereocenters. The Hall–Kier alpha value is -1.36. The van der Waals surface area contributed by atoms with E-state index < -0.39 is 0 Å². The van der Waals surface area contributed by atoms with Crippen molar-refractivity contribution in [3.63, 3.8) is 0 Å². The van der Waals surface area contributed by atoms with Crippen molar-refractivity contribution in [1.29, 1.82) is 0 Å². The maximum absolute atomic E-state index is 8.57. The summed E-state index contributed by atoms with van der Waals surface area (Å²) in [5.41, 5.74) is 0. The second-order valence-electron chi connectivity index (χ2n) is 2.45. The first-order valence-electron chi connectivity index (χ1n) is 4.28. The summed E-state index contributed by atoms with van der Waals surface area (Å²) < 4.78 is 0. The van der Waals surface area contributed by atoms with Gasteiger partial charge in [0.1, 0.15) is 5.82 Å². The zero-order valence-electron chi connectivity index (χ0n) is 7.62. The predicted octanol–water partition coefficient (Wildman–Crippen LogP) is 0.313. The first kappa shape index (κ1) is 9.73. The fraction of sp³-hybridized carbons (Fsp3) is 0.500. The van der Waals surface area contributed by atoms with Gasteiger partial charge in [0.2, 0.25) is 5.95 Å². The van der Waals surface area contributed by atoms with E-state index in [2.05, 4.69) is 20.6 Å². The number of rotatable bonds is 5. The molecular weight excluding hydrogens is 168 g/mol. The van der Waals surface area contributed by atoms with Crippen molar-refractivity contribution in [2.45, 2.75) is 6.92 Å². The predicted molar refractivity (Wildman–Crippen MR) is 51.8 cm³/mol. The fourth-order valence-electron chi connectivity index (χ4n) is 0.891. The average Bonchev–Trinajstić information content (AvgIpc) is 2.16. The van der Waals surface area contributed by atoms with Gasteiger partial charge in [0.05, 0.1) is 6.61 Å². The van der Waals surface area contributed by atoms with Gasteiger partial charge in [0.25, 0.3) is 0 Å². The first-order valence-corrected chi connectivity index (χ1v) is 4.28. The molecule has 0 aliphatic rings. The number of aliphatic hydroxyl groups excluding tert-OH is 1. The maximum Gasteiger partial charge on any atom is 0.224 e. The van der Waals surface area contributed by atoms with Crippen LogP contribution in [0.2, 0.25) is 0 Å². The summed E-state index contributed by atoms with van der Waals surface area (Å²) in [5, 5.41) is 14.5. The van der Waals surface area contributed by atoms with Crippen molar-refractivity contribution in [3.8, 4) is 0 Å². The molecule has 0 saturated carbocycles. The largest absolute Gasteiger partial charge is 0.395 e. The number of nitrogens with zero attached hydrogens (tertiary/aromatic N) is 2. The van der Waals surface area contributed by atoms with E-state index >= 15 is 0 Å². The number of anilines is 2. The summed E-state index contributed by atoms with van der Waals surface area (Å²) in [7, 11) is 0. The van der Waals surface area contributed by atoms with Crippen LogP contribution in [0.1, 0.15) is 6.92 Å². The summed E-state index contributed by atoms with van der Waals surface area (Å²) in [6.45, 7) is 3.38. The Morgan fingerprint density at radius 3 is 3.00 bits per heavy atom. The van der Waals surface area contributed by atoms with E-state index in [1.54, 1.807) is 12.3 Å². The van der Waals surface area contributed by atoms with Gasteiger partial charge >= 0.3 is 0 Å². The lowest BCUT2D eigenvalue weighted by Crippen LogP contribution is -2.09. The SMILES string of the molecule is CCNc1ccnc(NCCO)n1. The molecule has 0 bridgehead atoms. The van der Waals surface area contributed by atoms with Crippen molar-refractivity contribution < 1.29 is 5.11 Å². The molecule has 13 heavy (non-hydrogen) atoms. The Morgan fingerprint density at radius 1 is 1.46 bits per heavy atom. The van der Waals surface area contributed by atoms with Crippen molar-refractivity contribution in [3.05, 3.63) is 12.3 Å². The van der Waals surface area contributed by atoms with Gasteiger partial charge in [-0.3, -0.25) is 0 Å². The highest BCUT2D eigenvalue weighted by Gasteiger charge is 1.95. The number of hydrogen-bond acceptors (Lipinski definition) is 5. The Morgan fingerprint density at radius 2 is 2.31 bits per heavy atom. The molecule has 0 fully saturated rings. The molecule has 5 heteroatoms. The minimum Gasteiger partial charge on any atom is -0.395 e. The van der Waals surface area contributed by atoms with Crippen LogP contribution < -0.4 is 10.6 Å². The van der Waals surface area contributed by atoms with Gasteiger partial charge in [-0.25, -0.2) is 4.98 Å². The molecule has 0 aliphatic heterocycles. The fourth-order valence-corrected chi connectivity index (χ4v) is 0.891. The molecule has 1 aromatic heterocycles. The number of aliphatic hydroxyl groups is 1. The quantitative estimate of drug-likeness (QED) is 0.611. The lowest BCUT2D eigenvalue weighted by Gasteiger charge is -2.05. The first-order chi connectivity index (χ1) is 6.36. The van der Waals surface area contributed by atoms with Crippen molar-refractivity contribution >= 4 is 11.8 Å². The van der Waals surface area contributed by atoms with Gasteiger partial charge in [-0.1, -0.05) is 0 Å². The highest BCUT2D eigenvalue weighted by molar-refractivity contribution is 5.39. The molecule has 5 nitrogen and oxygen atoms in total. The van der Waals surface area contributed by atoms with Crippen LogP contribution in [-0.4, -0.2) is 34.8 Å². The zero-order chi connectivity index (χ0) is 9.52. The van der Waals surface area contributed by atoms with Gasteiger partial charge in [-0.05, 0) is 13.0 Å². The zero-order valence-corrected chi connectivity index (χ0v) is 7.62. The lowest BCUT2D eigenvalue weighted by atomic mass is 10.5. The number of hydrogen-bond donors (Lipinski definition) is 3. The van der Waals surface area contributed by atoms with E-state index in [1.165, 1.54) is 0 Å². The van der Waals surface area contributed by atoms with E-state index in [0.717, 1.165) is 12.4 Å². The molecule has 0 atom stereocenters. The second-order valence-corrected chi connectivity index (χ2v) is 2.45. The summed E-state index contributed by atoms with van der Waals surface area (Å²) >= 11 is 0. The third-order valence-corrected chi connectivity index (χ3v) is 1.41. The Bertz CT molecular complexity index is 254. The van der Waals surface area contributed by atoms with Crippen LogP contribution in [0.15, 0.2) is 12.3 Å². The highest BCUT2D eigenvalue weighted by atomic mass is 16.3. The molecule has 1 aromatic rings. The van der Waals surface area contributed by atoms with Crippen LogP contribution >= 0.6 is 0 Å². The van der Waals surface area contributed by atoms with Gasteiger partial charge < -0.3 is 15.7 Å². The Kier molecular flexibility index (Phi) is 3.98. The van der Waals surface area contributed by atoms with Crippen molar-refractivity contribution in [2.75, 3.05) is 30.3 Å². The van der Waals surface area contributed by atoms with Crippen LogP contribution in [0.25, 0.3) is 0 Å². The molecule has 1 rings (SSSR count). The highest BCUT2D eigenvalue weighted by Crippen LogP contribution is 2.04. The summed E-state index contributed by atoms with van der Waals surface area (Å²) in [5.74, 6) is 1.32. The average molecular weight is 182 g/mol. The lowest BCUT2D eigenvalue weighted by molar-refractivity contribution is 0.311. The van der Waals surface area contributed by atoms with E-state index in [9.17, 15) is 0 Å². The summed E-state index contributed by atoms with van der Waals surface area (Å²) in [6, 6.07) is 1.80. The number of aromatic nitrogens is 2. The smallest absolute Gasteiger partial charge is 0.224 e. The topological polar surface area (TPSA) is 70.1 Å². The van der Waals surface area contributed by atoms with Gasteiger partial charge in [-0.2, -0.15) is 4.98 Å². The van der Waals surface area contributed by atoms with Crippen LogP contribution in [0.4, 0.5) is 11.8 Å². The van der Waals surface area contributed by atoms with E-state index in [0.29, 0.717) is 12.5 Å². The normalized spacial score (nSPS) is 9.69. The van der Waals surface area contributed by atoms with Crippen LogP contribution in [-0.2, 0) is 0 Å². The van der Waals surface area contributed by atoms with Gasteiger partial charge in [-0.15, -0.1) is 0 Å². The number of nitrogens with one attached hydrogen (secondary N) is 2. The monoisotopic (exact) mass is 182 g/mol. The van der Waals surface area contributed by atoms with Crippen LogP contribution in [0, 0.1) is 0 Å². The molecular formula is C8H14N4O. The summed E-state index contributed by atoms with van der Waals surface area (Å²) in [4.78, 5) is 8.14. The third kappa shape index (κ3) is 3.25. The van der Waals surface area contributed by atoms with E-state index in [4.69, 9.17) is 5.11 Å². The Balaban J connectivity index is 2.56. The van der Waals surface area contributed by atoms with E-state index in [-0.39, 0.29) is 6.61 Å². The molecule has 3 N–H and O–H groups in total. The molecule has 0 spiro atoms. The van der Waals surface area contributed by atoms with Crippen LogP contribution in [0.5, 0.6) is 0 Å². The standard InChI is InChI=1S/C8H14N4O/c1-2-9-7-3-4-10-8(12-7)11-5-6-13/h3-4,13H,2,5-6H2,1H3,(H2,9,10,11,12). The molecule has 0 aliphatic carbocycles. The van der Waals surface area contributed by atoms with Gasteiger partial charge in [0, 0.05) is 19.3 Å². The molecule has 72 valence electrons. The van der Waals surface area contributed by atoms with Crippen molar-refractivity contribution in [1.82, 2.24) is 9.97 Å². The van der Waals surface area contributed by atoms with E-state index in [1.807, 2.05) is 6.92 Å². The minimum absolute atomic E-state index is 0.0782. The minimum atomic E-state index is 0.0782. The van der Waals surface area contributed by atoms with Gasteiger partial charge in [0.15, 0.2) is 0 Å². The second kappa shape index (κ2) is 5.31. The molecule has 0 radical (unpaired) electrons. The molecule has 0 amide bonds. The maximum atomic E-state index is 8.57. The summed E-state index contributed by atoms with van der Waals surface area (Å²) in [6.07, 6.45) is 1.67. The molecule has 1 heterocycles. The molecule has 0 saturated heterocycles.